The number of carboxylic acids is 1. The zero-order valence-corrected chi connectivity index (χ0v) is 12.4. The van der Waals surface area contributed by atoms with E-state index >= 15 is 0 Å². The van der Waals surface area contributed by atoms with Crippen LogP contribution in [-0.4, -0.2) is 23.1 Å². The fourth-order valence-electron chi connectivity index (χ4n) is 2.71. The number of rotatable bonds is 8. The van der Waals surface area contributed by atoms with Crippen molar-refractivity contribution >= 4 is 11.9 Å². The van der Waals surface area contributed by atoms with E-state index in [0.29, 0.717) is 23.7 Å². The van der Waals surface area contributed by atoms with Crippen LogP contribution in [0.2, 0.25) is 0 Å². The molecule has 2 atom stereocenters. The van der Waals surface area contributed by atoms with Crippen molar-refractivity contribution in [3.63, 3.8) is 0 Å². The molecule has 1 aliphatic rings. The number of ether oxygens (including phenoxy) is 1. The topological polar surface area (TPSA) is 63.6 Å². The Balaban J connectivity index is 2.41. The van der Waals surface area contributed by atoms with Gasteiger partial charge >= 0.3 is 11.9 Å². The first-order valence-corrected chi connectivity index (χ1v) is 7.22. The van der Waals surface area contributed by atoms with E-state index < -0.39 is 5.97 Å². The molecule has 1 saturated carbocycles. The normalized spacial score (nSPS) is 25.7. The molecule has 0 heterocycles. The van der Waals surface area contributed by atoms with Gasteiger partial charge in [-0.25, -0.2) is 0 Å². The molecule has 0 aromatic carbocycles. The van der Waals surface area contributed by atoms with Crippen LogP contribution >= 0.6 is 0 Å². The molecule has 1 rings (SSSR count). The summed E-state index contributed by atoms with van der Waals surface area (Å²) in [6.45, 7) is 8.70. The lowest BCUT2D eigenvalue weighted by Gasteiger charge is -2.05. The van der Waals surface area contributed by atoms with Crippen molar-refractivity contribution in [2.75, 3.05) is 0 Å². The Bertz CT molecular complexity index is 306. The molecule has 0 radical (unpaired) electrons. The van der Waals surface area contributed by atoms with E-state index in [0.717, 1.165) is 12.8 Å². The molecule has 0 aliphatic heterocycles. The van der Waals surface area contributed by atoms with Crippen LogP contribution in [0.25, 0.3) is 0 Å². The monoisotopic (exact) mass is 270 g/mol. The van der Waals surface area contributed by atoms with Crippen molar-refractivity contribution in [3.05, 3.63) is 0 Å². The minimum absolute atomic E-state index is 0.0192. The molecule has 1 N–H and O–H groups in total. The summed E-state index contributed by atoms with van der Waals surface area (Å²) >= 11 is 0. The second-order valence-corrected chi connectivity index (χ2v) is 6.44. The Hall–Kier alpha value is -1.06. The summed E-state index contributed by atoms with van der Waals surface area (Å²) in [5.41, 5.74) is 0. The SMILES string of the molecule is CC(C)CC1C(CC(C)C)C1OC(=O)CCC(=O)O. The largest absolute Gasteiger partial charge is 0.481 e. The Morgan fingerprint density at radius 1 is 1.00 bits per heavy atom. The molecule has 19 heavy (non-hydrogen) atoms. The van der Waals surface area contributed by atoms with E-state index in [1.807, 2.05) is 0 Å². The zero-order chi connectivity index (χ0) is 14.6. The highest BCUT2D eigenvalue weighted by atomic mass is 16.5. The maximum Gasteiger partial charge on any atom is 0.306 e. The molecule has 2 unspecified atom stereocenters. The lowest BCUT2D eigenvalue weighted by molar-refractivity contribution is -0.149. The van der Waals surface area contributed by atoms with E-state index in [9.17, 15) is 9.59 Å². The smallest absolute Gasteiger partial charge is 0.306 e. The van der Waals surface area contributed by atoms with Crippen molar-refractivity contribution in [3.8, 4) is 0 Å². The molecule has 0 amide bonds. The lowest BCUT2D eigenvalue weighted by Crippen LogP contribution is -2.11. The van der Waals surface area contributed by atoms with Crippen LogP contribution < -0.4 is 0 Å². The maximum atomic E-state index is 11.6. The van der Waals surface area contributed by atoms with Crippen molar-refractivity contribution in [1.82, 2.24) is 0 Å². The molecule has 1 fully saturated rings. The summed E-state index contributed by atoms with van der Waals surface area (Å²) in [6.07, 6.45) is 2.01. The van der Waals surface area contributed by atoms with Crippen molar-refractivity contribution in [1.29, 1.82) is 0 Å². The van der Waals surface area contributed by atoms with E-state index in [1.165, 1.54) is 0 Å². The minimum atomic E-state index is -0.954. The molecule has 0 aromatic heterocycles. The van der Waals surface area contributed by atoms with E-state index in [1.54, 1.807) is 0 Å². The third-order valence-electron chi connectivity index (χ3n) is 3.55. The van der Waals surface area contributed by atoms with Gasteiger partial charge in [-0.05, 0) is 24.7 Å². The van der Waals surface area contributed by atoms with Crippen LogP contribution in [0.15, 0.2) is 0 Å². The number of esters is 1. The zero-order valence-electron chi connectivity index (χ0n) is 12.4. The molecule has 4 heteroatoms. The molecule has 1 aliphatic carbocycles. The first-order chi connectivity index (χ1) is 8.81. The van der Waals surface area contributed by atoms with Gasteiger partial charge in [0, 0.05) is 11.8 Å². The molecule has 4 nitrogen and oxygen atoms in total. The fourth-order valence-corrected chi connectivity index (χ4v) is 2.71. The second-order valence-electron chi connectivity index (χ2n) is 6.44. The average molecular weight is 270 g/mol. The summed E-state index contributed by atoms with van der Waals surface area (Å²) in [4.78, 5) is 22.0. The van der Waals surface area contributed by atoms with Gasteiger partial charge in [-0.3, -0.25) is 9.59 Å². The Morgan fingerprint density at radius 2 is 1.47 bits per heavy atom. The van der Waals surface area contributed by atoms with Crippen LogP contribution in [0, 0.1) is 23.7 Å². The molecule has 0 saturated heterocycles. The summed E-state index contributed by atoms with van der Waals surface area (Å²) in [7, 11) is 0. The van der Waals surface area contributed by atoms with Crippen LogP contribution in [-0.2, 0) is 14.3 Å². The number of aliphatic carboxylic acids is 1. The van der Waals surface area contributed by atoms with Gasteiger partial charge in [0.1, 0.15) is 6.10 Å². The van der Waals surface area contributed by atoms with Gasteiger partial charge < -0.3 is 9.84 Å². The number of carboxylic acid groups (broad SMARTS) is 1. The first-order valence-electron chi connectivity index (χ1n) is 7.22. The van der Waals surface area contributed by atoms with Gasteiger partial charge in [0.05, 0.1) is 12.8 Å². The molecule has 0 spiro atoms. The van der Waals surface area contributed by atoms with Crippen LogP contribution in [0.3, 0.4) is 0 Å². The quantitative estimate of drug-likeness (QED) is 0.688. The Labute approximate surface area is 115 Å². The standard InChI is InChI=1S/C15H26O4/c1-9(2)7-11-12(8-10(3)4)15(11)19-14(18)6-5-13(16)17/h9-12,15H,5-8H2,1-4H3,(H,16,17). The molecular formula is C15H26O4. The number of hydrogen-bond acceptors (Lipinski definition) is 3. The van der Waals surface area contributed by atoms with Crippen molar-refractivity contribution < 1.29 is 19.4 Å². The Kier molecular flexibility index (Phi) is 5.83. The van der Waals surface area contributed by atoms with Gasteiger partial charge in [-0.15, -0.1) is 0 Å². The molecule has 0 bridgehead atoms. The molecule has 110 valence electrons. The lowest BCUT2D eigenvalue weighted by atomic mass is 10.0. The number of hydrogen-bond donors (Lipinski definition) is 1. The fraction of sp³-hybridized carbons (Fsp3) is 0.867. The summed E-state index contributed by atoms with van der Waals surface area (Å²) in [5.74, 6) is 0.815. The van der Waals surface area contributed by atoms with E-state index in [-0.39, 0.29) is 24.9 Å². The molecule has 0 aromatic rings. The van der Waals surface area contributed by atoms with Gasteiger partial charge in [0.15, 0.2) is 0 Å². The highest BCUT2D eigenvalue weighted by Crippen LogP contribution is 2.49. The molecular weight excluding hydrogens is 244 g/mol. The van der Waals surface area contributed by atoms with Crippen LogP contribution in [0.1, 0.15) is 53.4 Å². The predicted molar refractivity (Wildman–Crippen MR) is 72.6 cm³/mol. The highest BCUT2D eigenvalue weighted by molar-refractivity contribution is 5.76. The van der Waals surface area contributed by atoms with Gasteiger partial charge in [-0.1, -0.05) is 27.7 Å². The number of carbonyl (C=O) groups excluding carboxylic acids is 1. The van der Waals surface area contributed by atoms with Crippen LogP contribution in [0.5, 0.6) is 0 Å². The first kappa shape index (κ1) is 16.0. The van der Waals surface area contributed by atoms with Crippen molar-refractivity contribution in [2.24, 2.45) is 23.7 Å². The van der Waals surface area contributed by atoms with E-state index in [2.05, 4.69) is 27.7 Å². The summed E-state index contributed by atoms with van der Waals surface area (Å²) < 4.78 is 5.44. The number of carbonyl (C=O) groups is 2. The predicted octanol–water partition coefficient (Wildman–Crippen LogP) is 3.10. The van der Waals surface area contributed by atoms with Gasteiger partial charge in [0.2, 0.25) is 0 Å². The van der Waals surface area contributed by atoms with Crippen molar-refractivity contribution in [2.45, 2.75) is 59.5 Å². The summed E-state index contributed by atoms with van der Waals surface area (Å²) in [6, 6.07) is 0. The third kappa shape index (κ3) is 5.62. The summed E-state index contributed by atoms with van der Waals surface area (Å²) in [5, 5.41) is 8.55. The van der Waals surface area contributed by atoms with Crippen LogP contribution in [0.4, 0.5) is 0 Å². The van der Waals surface area contributed by atoms with Gasteiger partial charge in [0.25, 0.3) is 0 Å². The third-order valence-corrected chi connectivity index (χ3v) is 3.55. The van der Waals surface area contributed by atoms with E-state index in [4.69, 9.17) is 9.84 Å². The van der Waals surface area contributed by atoms with Gasteiger partial charge in [-0.2, -0.15) is 0 Å². The second kappa shape index (κ2) is 6.92. The Morgan fingerprint density at radius 3 is 1.84 bits per heavy atom. The minimum Gasteiger partial charge on any atom is -0.481 e. The highest BCUT2D eigenvalue weighted by Gasteiger charge is 2.52. The maximum absolute atomic E-state index is 11.6. The average Bonchev–Trinajstić information content (AvgIpc) is 2.86.